The third-order valence-electron chi connectivity index (χ3n) is 2.10. The second-order valence-corrected chi connectivity index (χ2v) is 4.10. The maximum Gasteiger partial charge on any atom is 0.256 e. The van der Waals surface area contributed by atoms with E-state index in [9.17, 15) is 4.79 Å². The number of aromatic nitrogens is 2. The van der Waals surface area contributed by atoms with Crippen molar-refractivity contribution in [2.45, 2.75) is 6.92 Å². The van der Waals surface area contributed by atoms with Crippen molar-refractivity contribution in [3.8, 4) is 0 Å². The number of aryl methyl sites for hydroxylation is 1. The van der Waals surface area contributed by atoms with Crippen LogP contribution in [0.25, 0.3) is 0 Å². The summed E-state index contributed by atoms with van der Waals surface area (Å²) in [7, 11) is 0. The number of amides is 1. The van der Waals surface area contributed by atoms with Crippen LogP contribution in [-0.4, -0.2) is 15.5 Å². The van der Waals surface area contributed by atoms with Gasteiger partial charge in [-0.05, 0) is 24.6 Å². The van der Waals surface area contributed by atoms with E-state index in [-0.39, 0.29) is 5.91 Å². The van der Waals surface area contributed by atoms with Crippen molar-refractivity contribution in [3.63, 3.8) is 0 Å². The zero-order valence-electron chi connectivity index (χ0n) is 8.60. The number of nitrogens with two attached hydrogens (primary N) is 1. The summed E-state index contributed by atoms with van der Waals surface area (Å²) in [4.78, 5) is 11.9. The smallest absolute Gasteiger partial charge is 0.256 e. The van der Waals surface area contributed by atoms with Crippen LogP contribution in [0.3, 0.4) is 0 Å². The average Bonchev–Trinajstić information content (AvgIpc) is 2.74. The van der Waals surface area contributed by atoms with E-state index in [2.05, 4.69) is 14.9 Å². The molecule has 0 atom stereocenters. The minimum Gasteiger partial charge on any atom is -0.399 e. The number of nitrogens with zero attached hydrogens (tertiary/aromatic N) is 2. The number of nitrogen functional groups attached to an aromatic ring is 1. The molecule has 6 heteroatoms. The highest BCUT2D eigenvalue weighted by atomic mass is 32.1. The lowest BCUT2D eigenvalue weighted by Crippen LogP contribution is -2.12. The van der Waals surface area contributed by atoms with Crippen molar-refractivity contribution in [2.75, 3.05) is 11.1 Å². The Morgan fingerprint density at radius 2 is 2.31 bits per heavy atom. The minimum absolute atomic E-state index is 0.198. The van der Waals surface area contributed by atoms with E-state index in [0.717, 1.165) is 17.1 Å². The fraction of sp³-hybridized carbons (Fsp3) is 0.100. The first kappa shape index (κ1) is 10.6. The zero-order chi connectivity index (χ0) is 11.5. The van der Waals surface area contributed by atoms with E-state index in [4.69, 9.17) is 5.73 Å². The number of benzene rings is 1. The number of hydrogen-bond donors (Lipinski definition) is 2. The fourth-order valence-electron chi connectivity index (χ4n) is 1.29. The quantitative estimate of drug-likeness (QED) is 0.775. The molecule has 0 spiro atoms. The van der Waals surface area contributed by atoms with E-state index in [1.54, 1.807) is 12.1 Å². The molecule has 0 saturated heterocycles. The molecule has 1 aromatic heterocycles. The monoisotopic (exact) mass is 234 g/mol. The number of hydrogen-bond acceptors (Lipinski definition) is 5. The van der Waals surface area contributed by atoms with Crippen molar-refractivity contribution in [2.24, 2.45) is 0 Å². The van der Waals surface area contributed by atoms with E-state index < -0.39 is 0 Å². The molecule has 0 saturated carbocycles. The summed E-state index contributed by atoms with van der Waals surface area (Å²) in [5.74, 6) is -0.198. The van der Waals surface area contributed by atoms with E-state index >= 15 is 0 Å². The summed E-state index contributed by atoms with van der Waals surface area (Å²) in [5, 5.41) is 6.96. The van der Waals surface area contributed by atoms with Gasteiger partial charge in [-0.1, -0.05) is 10.6 Å². The van der Waals surface area contributed by atoms with Gasteiger partial charge in [-0.15, -0.1) is 5.10 Å². The molecule has 0 radical (unpaired) electrons. The first-order chi connectivity index (χ1) is 7.66. The molecule has 1 aromatic carbocycles. The molecule has 2 rings (SSSR count). The van der Waals surface area contributed by atoms with Crippen molar-refractivity contribution in [1.29, 1.82) is 0 Å². The van der Waals surface area contributed by atoms with Crippen LogP contribution in [0.15, 0.2) is 24.4 Å². The fourth-order valence-corrected chi connectivity index (χ4v) is 1.70. The number of nitrogens with one attached hydrogen (secondary N) is 1. The molecule has 3 N–H and O–H groups in total. The normalized spacial score (nSPS) is 10.1. The molecular formula is C10H10N4OS. The van der Waals surface area contributed by atoms with Crippen molar-refractivity contribution >= 4 is 28.1 Å². The molecule has 0 aliphatic rings. The predicted octanol–water partition coefficient (Wildman–Crippen LogP) is 1.68. The lowest BCUT2D eigenvalue weighted by Gasteiger charge is -2.06. The molecule has 1 heterocycles. The lowest BCUT2D eigenvalue weighted by atomic mass is 10.1. The predicted molar refractivity (Wildman–Crippen MR) is 63.5 cm³/mol. The zero-order valence-corrected chi connectivity index (χ0v) is 9.41. The topological polar surface area (TPSA) is 80.9 Å². The minimum atomic E-state index is -0.198. The number of rotatable bonds is 2. The molecule has 0 unspecified atom stereocenters. The van der Waals surface area contributed by atoms with Gasteiger partial charge in [0.25, 0.3) is 5.91 Å². The molecule has 5 nitrogen and oxygen atoms in total. The molecule has 0 aliphatic heterocycles. The second-order valence-electron chi connectivity index (χ2n) is 3.31. The Balaban J connectivity index is 2.24. The van der Waals surface area contributed by atoms with Gasteiger partial charge >= 0.3 is 0 Å². The maximum absolute atomic E-state index is 11.9. The molecular weight excluding hydrogens is 224 g/mol. The van der Waals surface area contributed by atoms with Crippen molar-refractivity contribution < 1.29 is 4.79 Å². The van der Waals surface area contributed by atoms with Gasteiger partial charge in [-0.3, -0.25) is 4.79 Å². The number of anilines is 2. The van der Waals surface area contributed by atoms with Crippen LogP contribution in [0.1, 0.15) is 15.9 Å². The van der Waals surface area contributed by atoms with Crippen molar-refractivity contribution in [1.82, 2.24) is 9.59 Å². The second kappa shape index (κ2) is 4.28. The van der Waals surface area contributed by atoms with Gasteiger partial charge in [0.15, 0.2) is 0 Å². The van der Waals surface area contributed by atoms with Crippen LogP contribution in [0, 0.1) is 6.92 Å². The van der Waals surface area contributed by atoms with Gasteiger partial charge in [-0.25, -0.2) is 0 Å². The Bertz CT molecular complexity index is 510. The third kappa shape index (κ3) is 2.17. The molecule has 0 aliphatic carbocycles. The Labute approximate surface area is 96.5 Å². The first-order valence-corrected chi connectivity index (χ1v) is 5.39. The number of carbonyl (C=O) groups is 1. The summed E-state index contributed by atoms with van der Waals surface area (Å²) in [5.41, 5.74) is 7.65. The average molecular weight is 234 g/mol. The van der Waals surface area contributed by atoms with Gasteiger partial charge < -0.3 is 11.1 Å². The SMILES string of the molecule is Cc1ccc(N)cc1C(=O)Nc1cnns1. The van der Waals surface area contributed by atoms with Crippen LogP contribution >= 0.6 is 11.5 Å². The van der Waals surface area contributed by atoms with Crippen LogP contribution in [0.2, 0.25) is 0 Å². The first-order valence-electron chi connectivity index (χ1n) is 4.61. The maximum atomic E-state index is 11.9. The summed E-state index contributed by atoms with van der Waals surface area (Å²) < 4.78 is 3.66. The Kier molecular flexibility index (Phi) is 2.82. The number of carbonyl (C=O) groups excluding carboxylic acids is 1. The van der Waals surface area contributed by atoms with Crippen LogP contribution in [0.4, 0.5) is 10.7 Å². The molecule has 82 valence electrons. The standard InChI is InChI=1S/C10H10N4OS/c1-6-2-3-7(11)4-8(6)10(15)13-9-5-12-14-16-9/h2-5H,11H2,1H3,(H,13,15). The van der Waals surface area contributed by atoms with Gasteiger partial charge in [0.05, 0.1) is 6.20 Å². The summed E-state index contributed by atoms with van der Waals surface area (Å²) in [6.07, 6.45) is 1.50. The van der Waals surface area contributed by atoms with Gasteiger partial charge in [0, 0.05) is 22.8 Å². The third-order valence-corrected chi connectivity index (χ3v) is 2.68. The van der Waals surface area contributed by atoms with Gasteiger partial charge in [-0.2, -0.15) is 0 Å². The van der Waals surface area contributed by atoms with Gasteiger partial charge in [0.2, 0.25) is 0 Å². The van der Waals surface area contributed by atoms with E-state index in [0.29, 0.717) is 16.3 Å². The molecule has 2 aromatic rings. The highest BCUT2D eigenvalue weighted by molar-refractivity contribution is 7.10. The lowest BCUT2D eigenvalue weighted by molar-refractivity contribution is 0.102. The largest absolute Gasteiger partial charge is 0.399 e. The summed E-state index contributed by atoms with van der Waals surface area (Å²) >= 11 is 1.13. The molecule has 0 fully saturated rings. The van der Waals surface area contributed by atoms with Crippen LogP contribution in [0.5, 0.6) is 0 Å². The Morgan fingerprint density at radius 1 is 1.50 bits per heavy atom. The Hall–Kier alpha value is -1.95. The Morgan fingerprint density at radius 3 is 3.00 bits per heavy atom. The van der Waals surface area contributed by atoms with Crippen LogP contribution < -0.4 is 11.1 Å². The summed E-state index contributed by atoms with van der Waals surface area (Å²) in [6.45, 7) is 1.86. The molecule has 0 bridgehead atoms. The highest BCUT2D eigenvalue weighted by Crippen LogP contribution is 2.16. The highest BCUT2D eigenvalue weighted by Gasteiger charge is 2.10. The van der Waals surface area contributed by atoms with Crippen LogP contribution in [-0.2, 0) is 0 Å². The van der Waals surface area contributed by atoms with Crippen molar-refractivity contribution in [3.05, 3.63) is 35.5 Å². The summed E-state index contributed by atoms with van der Waals surface area (Å²) in [6, 6.07) is 5.23. The molecule has 1 amide bonds. The van der Waals surface area contributed by atoms with Gasteiger partial charge in [0.1, 0.15) is 5.00 Å². The van der Waals surface area contributed by atoms with E-state index in [1.165, 1.54) is 6.20 Å². The van der Waals surface area contributed by atoms with E-state index in [1.807, 2.05) is 13.0 Å². The molecule has 16 heavy (non-hydrogen) atoms.